The Labute approximate surface area is 224 Å². The number of carbonyl (C=O) groups is 2. The summed E-state index contributed by atoms with van der Waals surface area (Å²) >= 11 is 12.3. The topological polar surface area (TPSA) is 114 Å². The largest absolute Gasteiger partial charge is 0.463 e. The number of halogens is 2. The van der Waals surface area contributed by atoms with Crippen molar-refractivity contribution in [2.45, 2.75) is 52.4 Å². The summed E-state index contributed by atoms with van der Waals surface area (Å²) in [5.74, 6) is 0.386. The molecule has 194 valence electrons. The standard InChI is InChI=1S/C26H28Cl2N6O3/c1-25(2,3)19-13-20(30-23(35)29-17-9-7-8-16(27)21(17)28)33(31-19)14-10-11-15-18(12-14)34(24(36)37)32-22(15)26(4,5)6/h7-13H,1-6H3,(H,36,37)(H2,29,30,35). The summed E-state index contributed by atoms with van der Waals surface area (Å²) < 4.78 is 2.53. The highest BCUT2D eigenvalue weighted by Crippen LogP contribution is 2.33. The summed E-state index contributed by atoms with van der Waals surface area (Å²) in [5, 5.41) is 25.7. The summed E-state index contributed by atoms with van der Waals surface area (Å²) in [5.41, 5.74) is 2.05. The molecule has 2 amide bonds. The van der Waals surface area contributed by atoms with Crippen LogP contribution < -0.4 is 10.6 Å². The fraction of sp³-hybridized carbons (Fsp3) is 0.308. The zero-order valence-corrected chi connectivity index (χ0v) is 22.9. The van der Waals surface area contributed by atoms with Gasteiger partial charge in [-0.15, -0.1) is 0 Å². The van der Waals surface area contributed by atoms with E-state index in [9.17, 15) is 14.7 Å². The molecule has 11 heteroatoms. The van der Waals surface area contributed by atoms with Gasteiger partial charge in [0.25, 0.3) is 0 Å². The second-order valence-electron chi connectivity index (χ2n) is 10.8. The quantitative estimate of drug-likeness (QED) is 0.251. The van der Waals surface area contributed by atoms with E-state index in [1.165, 1.54) is 0 Å². The van der Waals surface area contributed by atoms with E-state index in [1.54, 1.807) is 35.0 Å². The Bertz CT molecular complexity index is 1530. The SMILES string of the molecule is CC(C)(C)c1cc(NC(=O)Nc2cccc(Cl)c2Cl)n(-c2ccc3c(C(C)(C)C)nn(C(=O)O)c3c2)n1. The number of fused-ring (bicyclic) bond motifs is 1. The van der Waals surface area contributed by atoms with E-state index >= 15 is 0 Å². The van der Waals surface area contributed by atoms with E-state index in [0.29, 0.717) is 33.4 Å². The van der Waals surface area contributed by atoms with Crippen molar-refractivity contribution in [1.29, 1.82) is 0 Å². The van der Waals surface area contributed by atoms with Crippen LogP contribution in [0.3, 0.4) is 0 Å². The van der Waals surface area contributed by atoms with Crippen LogP contribution in [0.25, 0.3) is 16.6 Å². The molecule has 0 aliphatic carbocycles. The van der Waals surface area contributed by atoms with Gasteiger partial charge in [0, 0.05) is 22.3 Å². The van der Waals surface area contributed by atoms with Gasteiger partial charge in [0.15, 0.2) is 0 Å². The second-order valence-corrected chi connectivity index (χ2v) is 11.5. The number of carbonyl (C=O) groups excluding carboxylic acids is 1. The lowest BCUT2D eigenvalue weighted by molar-refractivity contribution is 0.193. The van der Waals surface area contributed by atoms with Crippen molar-refractivity contribution in [3.63, 3.8) is 0 Å². The van der Waals surface area contributed by atoms with Crippen LogP contribution in [-0.4, -0.2) is 36.8 Å². The number of aromatic nitrogens is 4. The Balaban J connectivity index is 1.79. The predicted molar refractivity (Wildman–Crippen MR) is 147 cm³/mol. The van der Waals surface area contributed by atoms with Gasteiger partial charge >= 0.3 is 12.1 Å². The summed E-state index contributed by atoms with van der Waals surface area (Å²) in [6.45, 7) is 12.0. The molecular weight excluding hydrogens is 515 g/mol. The molecule has 0 radical (unpaired) electrons. The summed E-state index contributed by atoms with van der Waals surface area (Å²) in [6.07, 6.45) is -1.19. The van der Waals surface area contributed by atoms with Gasteiger partial charge in [0.2, 0.25) is 0 Å². The minimum Gasteiger partial charge on any atom is -0.463 e. The lowest BCUT2D eigenvalue weighted by Gasteiger charge is -2.15. The minimum atomic E-state index is -1.19. The van der Waals surface area contributed by atoms with Crippen LogP contribution in [0.1, 0.15) is 52.9 Å². The Morgan fingerprint density at radius 2 is 1.62 bits per heavy atom. The third-order valence-corrected chi connectivity index (χ3v) is 6.54. The number of hydrogen-bond acceptors (Lipinski definition) is 4. The molecule has 0 atom stereocenters. The van der Waals surface area contributed by atoms with Crippen LogP contribution in [0.4, 0.5) is 21.1 Å². The van der Waals surface area contributed by atoms with Gasteiger partial charge in [-0.1, -0.05) is 70.8 Å². The fourth-order valence-corrected chi connectivity index (χ4v) is 4.19. The van der Waals surface area contributed by atoms with Crippen molar-refractivity contribution < 1.29 is 14.7 Å². The van der Waals surface area contributed by atoms with Gasteiger partial charge in [-0.05, 0) is 30.3 Å². The van der Waals surface area contributed by atoms with E-state index < -0.39 is 12.1 Å². The van der Waals surface area contributed by atoms with Crippen molar-refractivity contribution >= 4 is 57.7 Å². The van der Waals surface area contributed by atoms with E-state index in [4.69, 9.17) is 28.3 Å². The molecule has 0 aliphatic rings. The molecule has 3 N–H and O–H groups in total. The van der Waals surface area contributed by atoms with Crippen molar-refractivity contribution in [3.8, 4) is 5.69 Å². The number of carboxylic acid groups (broad SMARTS) is 1. The number of hydrogen-bond donors (Lipinski definition) is 3. The average molecular weight is 543 g/mol. The molecular formula is C26H28Cl2N6O3. The third-order valence-electron chi connectivity index (χ3n) is 5.72. The zero-order chi connectivity index (χ0) is 27.3. The summed E-state index contributed by atoms with van der Waals surface area (Å²) in [4.78, 5) is 24.9. The lowest BCUT2D eigenvalue weighted by atomic mass is 9.90. The second kappa shape index (κ2) is 9.39. The monoisotopic (exact) mass is 542 g/mol. The van der Waals surface area contributed by atoms with Crippen LogP contribution in [0.15, 0.2) is 42.5 Å². The minimum absolute atomic E-state index is 0.227. The van der Waals surface area contributed by atoms with E-state index in [-0.39, 0.29) is 15.9 Å². The molecule has 9 nitrogen and oxygen atoms in total. The van der Waals surface area contributed by atoms with Crippen LogP contribution in [0.2, 0.25) is 10.0 Å². The van der Waals surface area contributed by atoms with Crippen molar-refractivity contribution in [2.24, 2.45) is 0 Å². The molecule has 2 aromatic carbocycles. The first-order valence-corrected chi connectivity index (χ1v) is 12.3. The first-order chi connectivity index (χ1) is 17.2. The number of nitrogens with zero attached hydrogens (tertiary/aromatic N) is 4. The number of urea groups is 1. The van der Waals surface area contributed by atoms with Gasteiger partial charge in [-0.2, -0.15) is 14.9 Å². The Morgan fingerprint density at radius 1 is 0.919 bits per heavy atom. The van der Waals surface area contributed by atoms with E-state index in [2.05, 4.69) is 15.7 Å². The van der Waals surface area contributed by atoms with E-state index in [1.807, 2.05) is 53.7 Å². The van der Waals surface area contributed by atoms with Crippen molar-refractivity contribution in [1.82, 2.24) is 19.6 Å². The summed E-state index contributed by atoms with van der Waals surface area (Å²) in [7, 11) is 0. The van der Waals surface area contributed by atoms with Crippen LogP contribution >= 0.6 is 23.2 Å². The molecule has 0 aliphatic heterocycles. The summed E-state index contributed by atoms with van der Waals surface area (Å²) in [6, 6.07) is 11.5. The Hall–Kier alpha value is -3.56. The number of anilines is 2. The van der Waals surface area contributed by atoms with Crippen molar-refractivity contribution in [3.05, 3.63) is 63.9 Å². The number of nitrogens with one attached hydrogen (secondary N) is 2. The predicted octanol–water partition coefficient (Wildman–Crippen LogP) is 7.29. The van der Waals surface area contributed by atoms with Crippen LogP contribution in [0.5, 0.6) is 0 Å². The zero-order valence-electron chi connectivity index (χ0n) is 21.3. The maximum absolute atomic E-state index is 12.9. The van der Waals surface area contributed by atoms with Crippen LogP contribution in [-0.2, 0) is 10.8 Å². The van der Waals surface area contributed by atoms with Gasteiger partial charge < -0.3 is 10.4 Å². The molecule has 0 unspecified atom stereocenters. The van der Waals surface area contributed by atoms with Gasteiger partial charge in [0.05, 0.1) is 38.3 Å². The molecule has 37 heavy (non-hydrogen) atoms. The molecule has 0 spiro atoms. The molecule has 0 fully saturated rings. The first-order valence-electron chi connectivity index (χ1n) is 11.6. The third kappa shape index (κ3) is 5.28. The molecule has 0 saturated heterocycles. The van der Waals surface area contributed by atoms with Crippen molar-refractivity contribution in [2.75, 3.05) is 10.6 Å². The maximum Gasteiger partial charge on any atom is 0.432 e. The lowest BCUT2D eigenvalue weighted by Crippen LogP contribution is -2.21. The first kappa shape index (κ1) is 26.5. The van der Waals surface area contributed by atoms with Crippen LogP contribution in [0, 0.1) is 0 Å². The normalized spacial score (nSPS) is 12.1. The molecule has 2 aromatic heterocycles. The average Bonchev–Trinajstić information content (AvgIpc) is 3.38. The Morgan fingerprint density at radius 3 is 2.24 bits per heavy atom. The molecule has 0 saturated carbocycles. The van der Waals surface area contributed by atoms with Gasteiger partial charge in [0.1, 0.15) is 5.82 Å². The van der Waals surface area contributed by atoms with Gasteiger partial charge in [-0.25, -0.2) is 14.3 Å². The highest BCUT2D eigenvalue weighted by Gasteiger charge is 2.26. The number of benzene rings is 2. The number of amides is 2. The highest BCUT2D eigenvalue weighted by atomic mass is 35.5. The smallest absolute Gasteiger partial charge is 0.432 e. The number of rotatable bonds is 3. The molecule has 0 bridgehead atoms. The fourth-order valence-electron chi connectivity index (χ4n) is 3.84. The van der Waals surface area contributed by atoms with E-state index in [0.717, 1.165) is 15.8 Å². The van der Waals surface area contributed by atoms with Gasteiger partial charge in [-0.3, -0.25) is 5.32 Å². The highest BCUT2D eigenvalue weighted by molar-refractivity contribution is 6.44. The molecule has 2 heterocycles. The Kier molecular flexibility index (Phi) is 6.73. The molecule has 4 aromatic rings. The maximum atomic E-state index is 12.9. The molecule has 4 rings (SSSR count).